The fourth-order valence-electron chi connectivity index (χ4n) is 3.31. The van der Waals surface area contributed by atoms with E-state index in [4.69, 9.17) is 0 Å². The fraction of sp³-hybridized carbons (Fsp3) is 0.389. The molecular formula is C18H20FNO2S. The number of carboxylic acid groups (broad SMARTS) is 1. The molecule has 3 rings (SSSR count). The number of hydrogen-bond donors (Lipinski definition) is 1. The first-order chi connectivity index (χ1) is 11.1. The number of nitrogens with zero attached hydrogens (tertiary/aromatic N) is 1. The van der Waals surface area contributed by atoms with E-state index in [9.17, 15) is 14.3 Å². The minimum atomic E-state index is -0.740. The molecule has 1 aromatic heterocycles. The molecule has 0 spiro atoms. The Balaban J connectivity index is 1.99. The van der Waals surface area contributed by atoms with E-state index in [1.807, 2.05) is 11.4 Å². The van der Waals surface area contributed by atoms with Gasteiger partial charge in [-0.1, -0.05) is 12.1 Å². The van der Waals surface area contributed by atoms with Crippen molar-refractivity contribution in [2.75, 3.05) is 13.1 Å². The summed E-state index contributed by atoms with van der Waals surface area (Å²) in [7, 11) is 0. The average molecular weight is 333 g/mol. The van der Waals surface area contributed by atoms with Crippen molar-refractivity contribution in [2.45, 2.75) is 25.8 Å². The SMILES string of the molecule is Cc1ccsc1C(c1cccc(F)c1)N1CCCC(C(=O)O)C1. The zero-order chi connectivity index (χ0) is 16.4. The van der Waals surface area contributed by atoms with E-state index < -0.39 is 5.97 Å². The topological polar surface area (TPSA) is 40.5 Å². The molecule has 0 amide bonds. The zero-order valence-electron chi connectivity index (χ0n) is 13.0. The van der Waals surface area contributed by atoms with E-state index in [-0.39, 0.29) is 17.8 Å². The number of piperidine rings is 1. The van der Waals surface area contributed by atoms with Crippen molar-refractivity contribution < 1.29 is 14.3 Å². The second-order valence-corrected chi connectivity index (χ2v) is 7.05. The molecule has 2 atom stereocenters. The third kappa shape index (κ3) is 3.46. The molecule has 2 heterocycles. The van der Waals surface area contributed by atoms with Gasteiger partial charge in [0.05, 0.1) is 12.0 Å². The van der Waals surface area contributed by atoms with Crippen LogP contribution in [0.2, 0.25) is 0 Å². The number of aliphatic carboxylic acids is 1. The predicted octanol–water partition coefficient (Wildman–Crippen LogP) is 4.08. The molecule has 1 aliphatic heterocycles. The van der Waals surface area contributed by atoms with Gasteiger partial charge in [-0.2, -0.15) is 0 Å². The van der Waals surface area contributed by atoms with E-state index >= 15 is 0 Å². The Hall–Kier alpha value is -1.72. The Morgan fingerprint density at radius 2 is 2.26 bits per heavy atom. The highest BCUT2D eigenvalue weighted by atomic mass is 32.1. The Labute approximate surface area is 139 Å². The number of hydrogen-bond acceptors (Lipinski definition) is 3. The molecule has 1 fully saturated rings. The molecule has 0 saturated carbocycles. The lowest BCUT2D eigenvalue weighted by atomic mass is 9.93. The quantitative estimate of drug-likeness (QED) is 0.916. The van der Waals surface area contributed by atoms with Gasteiger partial charge in [-0.3, -0.25) is 9.69 Å². The number of halogens is 1. The normalized spacial score (nSPS) is 20.3. The molecule has 2 unspecified atom stereocenters. The fourth-order valence-corrected chi connectivity index (χ4v) is 4.40. The lowest BCUT2D eigenvalue weighted by molar-refractivity contribution is -0.143. The molecule has 23 heavy (non-hydrogen) atoms. The number of benzene rings is 1. The van der Waals surface area contributed by atoms with Crippen LogP contribution in [0.15, 0.2) is 35.7 Å². The second-order valence-electron chi connectivity index (χ2n) is 6.10. The molecule has 1 saturated heterocycles. The van der Waals surface area contributed by atoms with Crippen LogP contribution in [0.4, 0.5) is 4.39 Å². The summed E-state index contributed by atoms with van der Waals surface area (Å²) in [5.41, 5.74) is 2.06. The highest BCUT2D eigenvalue weighted by Gasteiger charge is 2.32. The van der Waals surface area contributed by atoms with Gasteiger partial charge in [-0.05, 0) is 61.0 Å². The first-order valence-corrected chi connectivity index (χ1v) is 8.70. The summed E-state index contributed by atoms with van der Waals surface area (Å²) < 4.78 is 13.7. The van der Waals surface area contributed by atoms with Crippen LogP contribution in [-0.4, -0.2) is 29.1 Å². The number of thiophene rings is 1. The maximum atomic E-state index is 13.7. The van der Waals surface area contributed by atoms with Gasteiger partial charge in [0, 0.05) is 11.4 Å². The Bertz CT molecular complexity index is 700. The summed E-state index contributed by atoms with van der Waals surface area (Å²) >= 11 is 1.65. The van der Waals surface area contributed by atoms with Gasteiger partial charge in [0.15, 0.2) is 0 Å². The maximum absolute atomic E-state index is 13.7. The van der Waals surface area contributed by atoms with Crippen LogP contribution in [0.25, 0.3) is 0 Å². The van der Waals surface area contributed by atoms with Crippen molar-refractivity contribution in [1.29, 1.82) is 0 Å². The largest absolute Gasteiger partial charge is 0.481 e. The summed E-state index contributed by atoms with van der Waals surface area (Å²) in [5, 5.41) is 11.4. The summed E-state index contributed by atoms with van der Waals surface area (Å²) in [6.07, 6.45) is 1.57. The van der Waals surface area contributed by atoms with Crippen LogP contribution < -0.4 is 0 Å². The number of carbonyl (C=O) groups is 1. The van der Waals surface area contributed by atoms with Crippen molar-refractivity contribution in [1.82, 2.24) is 4.90 Å². The minimum absolute atomic E-state index is 0.0761. The Kier molecular flexibility index (Phi) is 4.78. The highest BCUT2D eigenvalue weighted by Crippen LogP contribution is 2.37. The van der Waals surface area contributed by atoms with E-state index in [0.717, 1.165) is 18.5 Å². The third-order valence-electron chi connectivity index (χ3n) is 4.48. The molecule has 1 N–H and O–H groups in total. The van der Waals surface area contributed by atoms with E-state index in [1.54, 1.807) is 23.5 Å². The van der Waals surface area contributed by atoms with E-state index in [0.29, 0.717) is 13.0 Å². The standard InChI is InChI=1S/C18H20FNO2S/c1-12-7-9-23-17(12)16(13-4-2-6-15(19)10-13)20-8-3-5-14(11-20)18(21)22/h2,4,6-7,9-10,14,16H,3,5,8,11H2,1H3,(H,21,22). The lowest BCUT2D eigenvalue weighted by Gasteiger charge is -2.37. The average Bonchev–Trinajstić information content (AvgIpc) is 2.94. The van der Waals surface area contributed by atoms with Gasteiger partial charge in [-0.15, -0.1) is 11.3 Å². The van der Waals surface area contributed by atoms with Crippen molar-refractivity contribution >= 4 is 17.3 Å². The van der Waals surface area contributed by atoms with Gasteiger partial charge in [0.2, 0.25) is 0 Å². The van der Waals surface area contributed by atoms with Crippen LogP contribution in [0.1, 0.15) is 34.9 Å². The number of aryl methyl sites for hydroxylation is 1. The Morgan fingerprint density at radius 3 is 2.91 bits per heavy atom. The number of rotatable bonds is 4. The molecule has 2 aromatic rings. The molecule has 0 aliphatic carbocycles. The first kappa shape index (κ1) is 16.1. The third-order valence-corrected chi connectivity index (χ3v) is 5.55. The minimum Gasteiger partial charge on any atom is -0.481 e. The van der Waals surface area contributed by atoms with Gasteiger partial charge in [-0.25, -0.2) is 4.39 Å². The van der Waals surface area contributed by atoms with Gasteiger partial charge in [0.1, 0.15) is 5.82 Å². The van der Waals surface area contributed by atoms with Crippen molar-refractivity contribution in [2.24, 2.45) is 5.92 Å². The summed E-state index contributed by atoms with van der Waals surface area (Å²) in [4.78, 5) is 14.7. The monoisotopic (exact) mass is 333 g/mol. The molecular weight excluding hydrogens is 313 g/mol. The highest BCUT2D eigenvalue weighted by molar-refractivity contribution is 7.10. The summed E-state index contributed by atoms with van der Waals surface area (Å²) in [6.45, 7) is 3.40. The smallest absolute Gasteiger partial charge is 0.307 e. The lowest BCUT2D eigenvalue weighted by Crippen LogP contribution is -2.41. The van der Waals surface area contributed by atoms with Crippen molar-refractivity contribution in [3.8, 4) is 0 Å². The number of likely N-dealkylation sites (tertiary alicyclic amines) is 1. The van der Waals surface area contributed by atoms with Gasteiger partial charge >= 0.3 is 5.97 Å². The molecule has 3 nitrogen and oxygen atoms in total. The molecule has 1 aliphatic rings. The van der Waals surface area contributed by atoms with E-state index in [1.165, 1.54) is 16.5 Å². The predicted molar refractivity (Wildman–Crippen MR) is 89.2 cm³/mol. The first-order valence-electron chi connectivity index (χ1n) is 7.82. The number of carboxylic acids is 1. The van der Waals surface area contributed by atoms with Gasteiger partial charge in [0.25, 0.3) is 0 Å². The molecule has 0 bridgehead atoms. The zero-order valence-corrected chi connectivity index (χ0v) is 13.9. The van der Waals surface area contributed by atoms with Crippen molar-refractivity contribution in [3.05, 3.63) is 57.5 Å². The van der Waals surface area contributed by atoms with E-state index in [2.05, 4.69) is 17.9 Å². The van der Waals surface area contributed by atoms with Crippen LogP contribution in [-0.2, 0) is 4.79 Å². The molecule has 122 valence electrons. The van der Waals surface area contributed by atoms with Crippen LogP contribution in [0.3, 0.4) is 0 Å². The van der Waals surface area contributed by atoms with Crippen LogP contribution in [0.5, 0.6) is 0 Å². The summed E-state index contributed by atoms with van der Waals surface area (Å²) in [6, 6.07) is 8.64. The van der Waals surface area contributed by atoms with Gasteiger partial charge < -0.3 is 5.11 Å². The maximum Gasteiger partial charge on any atom is 0.307 e. The molecule has 1 aromatic carbocycles. The second kappa shape index (κ2) is 6.81. The van der Waals surface area contributed by atoms with Crippen molar-refractivity contribution in [3.63, 3.8) is 0 Å². The molecule has 5 heteroatoms. The summed E-state index contributed by atoms with van der Waals surface area (Å²) in [5.74, 6) is -1.34. The molecule has 0 radical (unpaired) electrons. The Morgan fingerprint density at radius 1 is 1.43 bits per heavy atom. The van der Waals surface area contributed by atoms with Crippen LogP contribution >= 0.6 is 11.3 Å². The van der Waals surface area contributed by atoms with Crippen LogP contribution in [0, 0.1) is 18.7 Å².